The number of nitrogens with one attached hydrogen (secondary N) is 1. The Morgan fingerprint density at radius 1 is 1.43 bits per heavy atom. The molecule has 4 nitrogen and oxygen atoms in total. The van der Waals surface area contributed by atoms with Crippen LogP contribution in [-0.4, -0.2) is 37.4 Å². The fourth-order valence-corrected chi connectivity index (χ4v) is 3.84. The molecule has 0 saturated carbocycles. The summed E-state index contributed by atoms with van der Waals surface area (Å²) in [5.74, 6) is 0.283. The van der Waals surface area contributed by atoms with Crippen LogP contribution in [0.25, 0.3) is 0 Å². The van der Waals surface area contributed by atoms with Gasteiger partial charge in [-0.15, -0.1) is 11.3 Å². The van der Waals surface area contributed by atoms with E-state index in [0.29, 0.717) is 0 Å². The average Bonchev–Trinajstić information content (AvgIpc) is 2.89. The zero-order valence-corrected chi connectivity index (χ0v) is 13.9. The number of hydrogen-bond acceptors (Lipinski definition) is 3. The van der Waals surface area contributed by atoms with Crippen LogP contribution in [0.1, 0.15) is 46.3 Å². The molecule has 0 radical (unpaired) electrons. The highest BCUT2D eigenvalue weighted by molar-refractivity contribution is 7.14. The lowest BCUT2D eigenvalue weighted by atomic mass is 9.87. The zero-order chi connectivity index (χ0) is 15.4. The summed E-state index contributed by atoms with van der Waals surface area (Å²) in [4.78, 5) is 27.8. The first kappa shape index (κ1) is 16.0. The zero-order valence-electron chi connectivity index (χ0n) is 13.1. The first-order valence-corrected chi connectivity index (χ1v) is 8.45. The number of hydrogen-bond donors (Lipinski definition) is 1. The van der Waals surface area contributed by atoms with E-state index >= 15 is 0 Å². The third kappa shape index (κ3) is 3.84. The topological polar surface area (TPSA) is 49.4 Å². The second kappa shape index (κ2) is 7.07. The maximum atomic E-state index is 12.1. The van der Waals surface area contributed by atoms with Crippen molar-refractivity contribution in [2.45, 2.75) is 39.0 Å². The van der Waals surface area contributed by atoms with E-state index in [1.807, 2.05) is 6.07 Å². The summed E-state index contributed by atoms with van der Waals surface area (Å²) in [6, 6.07) is 1.98. The fourth-order valence-electron chi connectivity index (χ4n) is 2.61. The van der Waals surface area contributed by atoms with Crippen molar-refractivity contribution in [3.8, 4) is 0 Å². The van der Waals surface area contributed by atoms with Crippen LogP contribution in [0, 0.1) is 5.92 Å². The van der Waals surface area contributed by atoms with Gasteiger partial charge in [0.2, 0.25) is 5.91 Å². The molecule has 2 rings (SSSR count). The van der Waals surface area contributed by atoms with Gasteiger partial charge in [0.25, 0.3) is 5.91 Å². The smallest absolute Gasteiger partial charge is 0.263 e. The number of carbonyl (C=O) groups excluding carboxylic acids is 2. The van der Waals surface area contributed by atoms with Gasteiger partial charge in [-0.25, -0.2) is 0 Å². The monoisotopic (exact) mass is 308 g/mol. The van der Waals surface area contributed by atoms with E-state index < -0.39 is 0 Å². The summed E-state index contributed by atoms with van der Waals surface area (Å²) in [6.07, 6.45) is 4.69. The molecule has 0 fully saturated rings. The van der Waals surface area contributed by atoms with E-state index in [0.717, 1.165) is 43.5 Å². The van der Waals surface area contributed by atoms with E-state index in [2.05, 4.69) is 12.2 Å². The van der Waals surface area contributed by atoms with Crippen molar-refractivity contribution in [1.82, 2.24) is 10.2 Å². The second-order valence-electron chi connectivity index (χ2n) is 5.84. The van der Waals surface area contributed by atoms with Crippen LogP contribution in [0.15, 0.2) is 6.07 Å². The maximum Gasteiger partial charge on any atom is 0.263 e. The molecule has 1 aromatic heterocycles. The fraction of sp³-hybridized carbons (Fsp3) is 0.625. The summed E-state index contributed by atoms with van der Waals surface area (Å²) < 4.78 is 0. The minimum atomic E-state index is 0.0540. The minimum Gasteiger partial charge on any atom is -0.356 e. The number of unbranched alkanes of at least 4 members (excludes halogenated alkanes) is 1. The van der Waals surface area contributed by atoms with Crippen LogP contribution in [0.4, 0.5) is 0 Å². The van der Waals surface area contributed by atoms with Crippen molar-refractivity contribution in [2.75, 3.05) is 20.6 Å². The van der Waals surface area contributed by atoms with Crippen molar-refractivity contribution in [3.63, 3.8) is 0 Å². The molecular formula is C16H24N2O2S. The van der Waals surface area contributed by atoms with Gasteiger partial charge in [-0.05, 0) is 37.3 Å². The number of nitrogens with zero attached hydrogens (tertiary/aromatic N) is 1. The molecule has 0 saturated heterocycles. The number of rotatable bonds is 5. The van der Waals surface area contributed by atoms with Gasteiger partial charge in [-0.3, -0.25) is 9.59 Å². The normalized spacial score (nSPS) is 17.2. The van der Waals surface area contributed by atoms with Crippen molar-refractivity contribution in [1.29, 1.82) is 0 Å². The van der Waals surface area contributed by atoms with Crippen molar-refractivity contribution in [3.05, 3.63) is 21.4 Å². The van der Waals surface area contributed by atoms with E-state index in [9.17, 15) is 9.59 Å². The molecule has 2 amide bonds. The molecule has 1 aliphatic carbocycles. The summed E-state index contributed by atoms with van der Waals surface area (Å²) >= 11 is 1.58. The molecule has 1 N–H and O–H groups in total. The van der Waals surface area contributed by atoms with Gasteiger partial charge in [0.15, 0.2) is 0 Å². The molecule has 0 bridgehead atoms. The lowest BCUT2D eigenvalue weighted by Gasteiger charge is -2.21. The highest BCUT2D eigenvalue weighted by atomic mass is 32.1. The number of aryl methyl sites for hydroxylation is 1. The third-order valence-corrected chi connectivity index (χ3v) is 5.13. The number of fused-ring (bicyclic) bond motifs is 1. The SMILES string of the molecule is CCCCNC(=O)[C@@H]1CCc2sc(C(=O)N(C)C)cc2C1. The largest absolute Gasteiger partial charge is 0.356 e. The predicted molar refractivity (Wildman–Crippen MR) is 85.8 cm³/mol. The quantitative estimate of drug-likeness (QED) is 0.850. The molecule has 1 atom stereocenters. The molecule has 1 heterocycles. The highest BCUT2D eigenvalue weighted by Gasteiger charge is 2.27. The molecule has 1 aliphatic rings. The Morgan fingerprint density at radius 3 is 2.86 bits per heavy atom. The Labute approximate surface area is 130 Å². The Morgan fingerprint density at radius 2 is 2.19 bits per heavy atom. The van der Waals surface area contributed by atoms with Gasteiger partial charge in [0.05, 0.1) is 4.88 Å². The first-order valence-electron chi connectivity index (χ1n) is 7.63. The van der Waals surface area contributed by atoms with Crippen LogP contribution in [0.3, 0.4) is 0 Å². The van der Waals surface area contributed by atoms with E-state index in [1.165, 1.54) is 10.4 Å². The Kier molecular flexibility index (Phi) is 5.39. The Hall–Kier alpha value is -1.36. The van der Waals surface area contributed by atoms with Crippen LogP contribution < -0.4 is 5.32 Å². The summed E-state index contributed by atoms with van der Waals surface area (Å²) in [7, 11) is 3.54. The van der Waals surface area contributed by atoms with Crippen molar-refractivity contribution in [2.24, 2.45) is 5.92 Å². The molecule has 0 spiro atoms. The Balaban J connectivity index is 2.00. The predicted octanol–water partition coefficient (Wildman–Crippen LogP) is 2.47. The molecule has 1 aromatic rings. The lowest BCUT2D eigenvalue weighted by molar-refractivity contribution is -0.125. The van der Waals surface area contributed by atoms with E-state index in [1.54, 1.807) is 30.3 Å². The number of amides is 2. The first-order chi connectivity index (χ1) is 10.0. The van der Waals surface area contributed by atoms with Gasteiger partial charge in [0, 0.05) is 31.4 Å². The van der Waals surface area contributed by atoms with Gasteiger partial charge in [0.1, 0.15) is 0 Å². The van der Waals surface area contributed by atoms with Crippen LogP contribution in [0.2, 0.25) is 0 Å². The Bertz CT molecular complexity index is 522. The molecule has 0 aromatic carbocycles. The van der Waals surface area contributed by atoms with Crippen molar-refractivity contribution < 1.29 is 9.59 Å². The molecule has 5 heteroatoms. The average molecular weight is 308 g/mol. The summed E-state index contributed by atoms with van der Waals surface area (Å²) in [5, 5.41) is 3.02. The summed E-state index contributed by atoms with van der Waals surface area (Å²) in [6.45, 7) is 2.89. The van der Waals surface area contributed by atoms with Crippen LogP contribution in [-0.2, 0) is 17.6 Å². The lowest BCUT2D eigenvalue weighted by Crippen LogP contribution is -2.34. The molecule has 116 valence electrons. The molecular weight excluding hydrogens is 284 g/mol. The van der Waals surface area contributed by atoms with Gasteiger partial charge < -0.3 is 10.2 Å². The van der Waals surface area contributed by atoms with Gasteiger partial charge >= 0.3 is 0 Å². The van der Waals surface area contributed by atoms with Crippen LogP contribution in [0.5, 0.6) is 0 Å². The minimum absolute atomic E-state index is 0.0540. The maximum absolute atomic E-state index is 12.1. The number of carbonyl (C=O) groups is 2. The number of thiophene rings is 1. The molecule has 0 aliphatic heterocycles. The van der Waals surface area contributed by atoms with Gasteiger partial charge in [-0.2, -0.15) is 0 Å². The highest BCUT2D eigenvalue weighted by Crippen LogP contribution is 2.32. The van der Waals surface area contributed by atoms with E-state index in [-0.39, 0.29) is 17.7 Å². The molecule has 0 unspecified atom stereocenters. The van der Waals surface area contributed by atoms with Gasteiger partial charge in [-0.1, -0.05) is 13.3 Å². The summed E-state index contributed by atoms with van der Waals surface area (Å²) in [5.41, 5.74) is 1.19. The standard InChI is InChI=1S/C16H24N2O2S/c1-4-5-8-17-15(19)11-6-7-13-12(9-11)10-14(21-13)16(20)18(2)3/h10-11H,4-9H2,1-3H3,(H,17,19)/t11-/m1/s1. The van der Waals surface area contributed by atoms with E-state index in [4.69, 9.17) is 0 Å². The van der Waals surface area contributed by atoms with Crippen molar-refractivity contribution >= 4 is 23.2 Å². The third-order valence-electron chi connectivity index (χ3n) is 3.90. The molecule has 21 heavy (non-hydrogen) atoms. The second-order valence-corrected chi connectivity index (χ2v) is 6.98. The van der Waals surface area contributed by atoms with Crippen LogP contribution >= 0.6 is 11.3 Å².